The molecule has 2 heteroatoms. The molecule has 0 amide bonds. The zero-order chi connectivity index (χ0) is 10.5. The van der Waals surface area contributed by atoms with Crippen LogP contribution in [0, 0.1) is 0 Å². The molecule has 0 spiro atoms. The Morgan fingerprint density at radius 3 is 2.67 bits per heavy atom. The fourth-order valence-corrected chi connectivity index (χ4v) is 2.00. The van der Waals surface area contributed by atoms with Crippen molar-refractivity contribution >= 4 is 0 Å². The van der Waals surface area contributed by atoms with E-state index in [0.717, 1.165) is 18.8 Å². The summed E-state index contributed by atoms with van der Waals surface area (Å²) in [4.78, 5) is 0. The Labute approximate surface area is 91.2 Å². The average Bonchev–Trinajstić information content (AvgIpc) is 2.58. The van der Waals surface area contributed by atoms with E-state index in [0.29, 0.717) is 6.10 Å². The van der Waals surface area contributed by atoms with Crippen molar-refractivity contribution in [3.8, 4) is 5.75 Å². The number of rotatable bonds is 2. The van der Waals surface area contributed by atoms with E-state index in [1.807, 2.05) is 12.1 Å². The number of ether oxygens (including phenoxy) is 2. The second-order valence-corrected chi connectivity index (χ2v) is 3.98. The first kappa shape index (κ1) is 10.5. The monoisotopic (exact) mass is 206 g/mol. The first-order valence-electron chi connectivity index (χ1n) is 5.66. The molecule has 1 aliphatic heterocycles. The van der Waals surface area contributed by atoms with E-state index in [9.17, 15) is 0 Å². The number of benzene rings is 1. The highest BCUT2D eigenvalue weighted by Gasteiger charge is 2.14. The van der Waals surface area contributed by atoms with Crippen LogP contribution < -0.4 is 4.74 Å². The van der Waals surface area contributed by atoms with Gasteiger partial charge < -0.3 is 9.47 Å². The Morgan fingerprint density at radius 1 is 1.13 bits per heavy atom. The molecule has 1 atom stereocenters. The molecular weight excluding hydrogens is 188 g/mol. The lowest BCUT2D eigenvalue weighted by molar-refractivity contribution is 0.0583. The summed E-state index contributed by atoms with van der Waals surface area (Å²) in [7, 11) is 1.69. The van der Waals surface area contributed by atoms with Crippen molar-refractivity contribution in [1.82, 2.24) is 0 Å². The first-order valence-corrected chi connectivity index (χ1v) is 5.66. The molecule has 0 aromatic heterocycles. The van der Waals surface area contributed by atoms with Crippen LogP contribution in [0.1, 0.15) is 37.4 Å². The SMILES string of the molecule is COc1ccc([C@@H]2CCCCCO2)cc1. The van der Waals surface area contributed by atoms with E-state index >= 15 is 0 Å². The minimum absolute atomic E-state index is 0.290. The maximum Gasteiger partial charge on any atom is 0.118 e. The van der Waals surface area contributed by atoms with Gasteiger partial charge in [-0.1, -0.05) is 25.0 Å². The number of hydrogen-bond donors (Lipinski definition) is 0. The molecule has 0 N–H and O–H groups in total. The van der Waals surface area contributed by atoms with Crippen LogP contribution in [0.2, 0.25) is 0 Å². The van der Waals surface area contributed by atoms with Gasteiger partial charge in [-0.25, -0.2) is 0 Å². The van der Waals surface area contributed by atoms with Gasteiger partial charge in [0, 0.05) is 6.61 Å². The molecule has 15 heavy (non-hydrogen) atoms. The third kappa shape index (κ3) is 2.72. The topological polar surface area (TPSA) is 18.5 Å². The summed E-state index contributed by atoms with van der Waals surface area (Å²) in [5.74, 6) is 0.910. The predicted molar refractivity (Wildman–Crippen MR) is 60.2 cm³/mol. The molecule has 0 saturated carbocycles. The second kappa shape index (κ2) is 5.17. The maximum absolute atomic E-state index is 5.82. The minimum atomic E-state index is 0.290. The van der Waals surface area contributed by atoms with Crippen molar-refractivity contribution in [3.63, 3.8) is 0 Å². The third-order valence-electron chi connectivity index (χ3n) is 2.92. The largest absolute Gasteiger partial charge is 0.497 e. The lowest BCUT2D eigenvalue weighted by Crippen LogP contribution is -2.02. The van der Waals surface area contributed by atoms with E-state index in [1.54, 1.807) is 7.11 Å². The Bertz CT molecular complexity index is 284. The quantitative estimate of drug-likeness (QED) is 0.739. The van der Waals surface area contributed by atoms with Gasteiger partial charge in [-0.3, -0.25) is 0 Å². The Morgan fingerprint density at radius 2 is 1.93 bits per heavy atom. The fourth-order valence-electron chi connectivity index (χ4n) is 2.00. The highest BCUT2D eigenvalue weighted by Crippen LogP contribution is 2.28. The Hall–Kier alpha value is -1.02. The van der Waals surface area contributed by atoms with E-state index in [4.69, 9.17) is 9.47 Å². The molecule has 1 aliphatic rings. The lowest BCUT2D eigenvalue weighted by Gasteiger charge is -2.15. The second-order valence-electron chi connectivity index (χ2n) is 3.98. The molecular formula is C13H18O2. The van der Waals surface area contributed by atoms with Crippen LogP contribution in [0.15, 0.2) is 24.3 Å². The average molecular weight is 206 g/mol. The first-order chi connectivity index (χ1) is 7.40. The molecule has 82 valence electrons. The van der Waals surface area contributed by atoms with E-state index in [-0.39, 0.29) is 0 Å². The highest BCUT2D eigenvalue weighted by atomic mass is 16.5. The molecule has 2 rings (SSSR count). The van der Waals surface area contributed by atoms with Gasteiger partial charge in [-0.15, -0.1) is 0 Å². The number of hydrogen-bond acceptors (Lipinski definition) is 2. The van der Waals surface area contributed by atoms with Crippen LogP contribution in [0.5, 0.6) is 5.75 Å². The molecule has 1 fully saturated rings. The predicted octanol–water partition coefficient (Wildman–Crippen LogP) is 3.33. The van der Waals surface area contributed by atoms with Crippen LogP contribution >= 0.6 is 0 Å². The van der Waals surface area contributed by atoms with Gasteiger partial charge in [0.15, 0.2) is 0 Å². The number of methoxy groups -OCH3 is 1. The summed E-state index contributed by atoms with van der Waals surface area (Å²) in [5, 5.41) is 0. The van der Waals surface area contributed by atoms with Gasteiger partial charge in [0.1, 0.15) is 5.75 Å². The maximum atomic E-state index is 5.82. The van der Waals surface area contributed by atoms with Gasteiger partial charge in [-0.05, 0) is 30.5 Å². The van der Waals surface area contributed by atoms with Crippen molar-refractivity contribution in [2.45, 2.75) is 31.8 Å². The van der Waals surface area contributed by atoms with Gasteiger partial charge in [-0.2, -0.15) is 0 Å². The molecule has 0 unspecified atom stereocenters. The van der Waals surface area contributed by atoms with Crippen molar-refractivity contribution in [3.05, 3.63) is 29.8 Å². The molecule has 1 aromatic carbocycles. The molecule has 1 aromatic rings. The summed E-state index contributed by atoms with van der Waals surface area (Å²) in [6, 6.07) is 8.22. The molecule has 0 radical (unpaired) electrons. The minimum Gasteiger partial charge on any atom is -0.497 e. The van der Waals surface area contributed by atoms with Gasteiger partial charge in [0.25, 0.3) is 0 Å². The van der Waals surface area contributed by atoms with Crippen LogP contribution in [0.3, 0.4) is 0 Å². The van der Waals surface area contributed by atoms with Crippen LogP contribution in [-0.2, 0) is 4.74 Å². The summed E-state index contributed by atoms with van der Waals surface area (Å²) < 4.78 is 11.0. The fraction of sp³-hybridized carbons (Fsp3) is 0.538. The Kier molecular flexibility index (Phi) is 3.62. The van der Waals surface area contributed by atoms with Gasteiger partial charge in [0.2, 0.25) is 0 Å². The summed E-state index contributed by atoms with van der Waals surface area (Å²) >= 11 is 0. The van der Waals surface area contributed by atoms with Crippen molar-refractivity contribution < 1.29 is 9.47 Å². The van der Waals surface area contributed by atoms with E-state index in [2.05, 4.69) is 12.1 Å². The third-order valence-corrected chi connectivity index (χ3v) is 2.92. The Balaban J connectivity index is 2.06. The van der Waals surface area contributed by atoms with Crippen molar-refractivity contribution in [1.29, 1.82) is 0 Å². The van der Waals surface area contributed by atoms with Gasteiger partial charge >= 0.3 is 0 Å². The van der Waals surface area contributed by atoms with Crippen LogP contribution in [-0.4, -0.2) is 13.7 Å². The van der Waals surface area contributed by atoms with Crippen LogP contribution in [0.25, 0.3) is 0 Å². The van der Waals surface area contributed by atoms with E-state index in [1.165, 1.54) is 24.8 Å². The summed E-state index contributed by atoms with van der Waals surface area (Å²) in [6.45, 7) is 0.899. The summed E-state index contributed by atoms with van der Waals surface area (Å²) in [6.07, 6.45) is 5.21. The molecule has 0 aliphatic carbocycles. The molecule has 2 nitrogen and oxygen atoms in total. The van der Waals surface area contributed by atoms with Crippen molar-refractivity contribution in [2.24, 2.45) is 0 Å². The highest BCUT2D eigenvalue weighted by molar-refractivity contribution is 5.28. The summed E-state index contributed by atoms with van der Waals surface area (Å²) in [5.41, 5.74) is 1.28. The lowest BCUT2D eigenvalue weighted by atomic mass is 10.0. The standard InChI is InChI=1S/C13H18O2/c1-14-12-8-6-11(7-9-12)13-5-3-2-4-10-15-13/h6-9,13H,2-5,10H2,1H3/t13-/m0/s1. The molecule has 1 heterocycles. The molecule has 0 bridgehead atoms. The normalized spacial score (nSPS) is 22.1. The van der Waals surface area contributed by atoms with E-state index < -0.39 is 0 Å². The zero-order valence-electron chi connectivity index (χ0n) is 9.24. The van der Waals surface area contributed by atoms with Gasteiger partial charge in [0.05, 0.1) is 13.2 Å². The smallest absolute Gasteiger partial charge is 0.118 e. The molecule has 1 saturated heterocycles. The van der Waals surface area contributed by atoms with Crippen LogP contribution in [0.4, 0.5) is 0 Å². The van der Waals surface area contributed by atoms with Crippen molar-refractivity contribution in [2.75, 3.05) is 13.7 Å². The zero-order valence-corrected chi connectivity index (χ0v) is 9.24.